The molecule has 1 aromatic heterocycles. The molecule has 0 fully saturated rings. The van der Waals surface area contributed by atoms with E-state index < -0.39 is 0 Å². The normalized spacial score (nSPS) is 4.00. The van der Waals surface area contributed by atoms with Crippen molar-refractivity contribution in [2.45, 2.75) is 0 Å². The van der Waals surface area contributed by atoms with Gasteiger partial charge in [-0.1, -0.05) is 0 Å². The standard InChI is InChI=1S/C3H3N3.6H2O/c1-2-4-6-5-3-1;;;;;;/h1-3H;6*1H2. The predicted octanol–water partition coefficient (Wildman–Crippen LogP) is -5.08. The number of hydrogen-bond donors (Lipinski definition) is 0. The van der Waals surface area contributed by atoms with Gasteiger partial charge in [0.05, 0.1) is 12.4 Å². The smallest absolute Gasteiger partial charge is 0.0529 e. The number of hydrogen-bond acceptors (Lipinski definition) is 3. The number of nitrogens with zero attached hydrogens (tertiary/aromatic N) is 3. The molecule has 1 heterocycles. The highest BCUT2D eigenvalue weighted by Gasteiger charge is 1.60. The summed E-state index contributed by atoms with van der Waals surface area (Å²) in [5.41, 5.74) is 0. The SMILES string of the molecule is O.O.O.O.O.O.c1cnnnc1. The zero-order valence-corrected chi connectivity index (χ0v) is 6.07. The predicted molar refractivity (Wildman–Crippen MR) is 41.5 cm³/mol. The minimum atomic E-state index is 0. The third-order valence-electron chi connectivity index (χ3n) is 0.409. The lowest BCUT2D eigenvalue weighted by molar-refractivity contribution is 0.823. The minimum Gasteiger partial charge on any atom is -0.412 e. The fourth-order valence-corrected chi connectivity index (χ4v) is 0.205. The third kappa shape index (κ3) is 23.3. The van der Waals surface area contributed by atoms with Gasteiger partial charge in [0.25, 0.3) is 0 Å². The highest BCUT2D eigenvalue weighted by atomic mass is 16.0. The Morgan fingerprint density at radius 1 is 0.583 bits per heavy atom. The Morgan fingerprint density at radius 3 is 1.00 bits per heavy atom. The molecular formula is C3H15N3O6. The summed E-state index contributed by atoms with van der Waals surface area (Å²) in [6.07, 6.45) is 3.15. The van der Waals surface area contributed by atoms with Crippen LogP contribution in [-0.4, -0.2) is 48.3 Å². The van der Waals surface area contributed by atoms with Crippen molar-refractivity contribution in [3.05, 3.63) is 18.5 Å². The van der Waals surface area contributed by atoms with Gasteiger partial charge in [0.2, 0.25) is 0 Å². The molecule has 0 radical (unpaired) electrons. The van der Waals surface area contributed by atoms with E-state index in [0.717, 1.165) is 0 Å². The fraction of sp³-hybridized carbons (Fsp3) is 0. The van der Waals surface area contributed by atoms with Gasteiger partial charge in [-0.25, -0.2) is 0 Å². The second kappa shape index (κ2) is 33.0. The van der Waals surface area contributed by atoms with Gasteiger partial charge in [0.1, 0.15) is 0 Å². The first-order valence-corrected chi connectivity index (χ1v) is 1.58. The van der Waals surface area contributed by atoms with Crippen LogP contribution in [0.2, 0.25) is 0 Å². The van der Waals surface area contributed by atoms with Crippen LogP contribution in [0.15, 0.2) is 18.5 Å². The molecule has 0 aromatic carbocycles. The van der Waals surface area contributed by atoms with Gasteiger partial charge in [0.15, 0.2) is 0 Å². The summed E-state index contributed by atoms with van der Waals surface area (Å²) in [4.78, 5) is 0. The van der Waals surface area contributed by atoms with E-state index in [2.05, 4.69) is 15.4 Å². The number of aromatic nitrogens is 3. The molecule has 78 valence electrons. The molecule has 0 atom stereocenters. The molecule has 0 saturated heterocycles. The van der Waals surface area contributed by atoms with Crippen LogP contribution in [0.4, 0.5) is 0 Å². The molecule has 0 aliphatic rings. The largest absolute Gasteiger partial charge is 0.412 e. The van der Waals surface area contributed by atoms with Gasteiger partial charge >= 0.3 is 0 Å². The molecule has 1 aromatic rings. The highest BCUT2D eigenvalue weighted by molar-refractivity contribution is 4.69. The average molecular weight is 189 g/mol. The van der Waals surface area contributed by atoms with E-state index in [4.69, 9.17) is 0 Å². The molecule has 0 aliphatic carbocycles. The summed E-state index contributed by atoms with van der Waals surface area (Å²) in [6.45, 7) is 0. The Hall–Kier alpha value is -1.23. The summed E-state index contributed by atoms with van der Waals surface area (Å²) in [5.74, 6) is 0. The van der Waals surface area contributed by atoms with E-state index in [1.165, 1.54) is 0 Å². The molecular weight excluding hydrogens is 174 g/mol. The van der Waals surface area contributed by atoms with Crippen molar-refractivity contribution < 1.29 is 32.9 Å². The van der Waals surface area contributed by atoms with Crippen LogP contribution in [0.5, 0.6) is 0 Å². The van der Waals surface area contributed by atoms with Crippen LogP contribution in [0.1, 0.15) is 0 Å². The van der Waals surface area contributed by atoms with Crippen molar-refractivity contribution in [3.63, 3.8) is 0 Å². The topological polar surface area (TPSA) is 228 Å². The molecule has 1 rings (SSSR count). The summed E-state index contributed by atoms with van der Waals surface area (Å²) >= 11 is 0. The number of rotatable bonds is 0. The van der Waals surface area contributed by atoms with Crippen LogP contribution >= 0.6 is 0 Å². The monoisotopic (exact) mass is 189 g/mol. The maximum atomic E-state index is 3.42. The molecule has 12 heavy (non-hydrogen) atoms. The Balaban J connectivity index is -0.0000000150. The zero-order chi connectivity index (χ0) is 4.24. The molecule has 0 saturated carbocycles. The van der Waals surface area contributed by atoms with Crippen molar-refractivity contribution in [2.24, 2.45) is 0 Å². The van der Waals surface area contributed by atoms with Gasteiger partial charge in [-0.05, 0) is 11.3 Å². The van der Waals surface area contributed by atoms with Crippen molar-refractivity contribution in [3.8, 4) is 0 Å². The first kappa shape index (κ1) is 45.2. The van der Waals surface area contributed by atoms with Crippen LogP contribution in [0.3, 0.4) is 0 Å². The minimum absolute atomic E-state index is 0. The van der Waals surface area contributed by atoms with Crippen LogP contribution in [0.25, 0.3) is 0 Å². The Bertz CT molecular complexity index is 90.0. The third-order valence-corrected chi connectivity index (χ3v) is 0.409. The molecule has 9 heteroatoms. The van der Waals surface area contributed by atoms with E-state index in [9.17, 15) is 0 Å². The Kier molecular flexibility index (Phi) is 124. The molecule has 0 bridgehead atoms. The lowest BCUT2D eigenvalue weighted by Gasteiger charge is -1.68. The van der Waals surface area contributed by atoms with Gasteiger partial charge in [-0.15, -0.1) is 10.2 Å². The molecule has 0 spiro atoms. The van der Waals surface area contributed by atoms with Gasteiger partial charge in [0, 0.05) is 0 Å². The van der Waals surface area contributed by atoms with E-state index >= 15 is 0 Å². The van der Waals surface area contributed by atoms with Crippen molar-refractivity contribution in [1.29, 1.82) is 0 Å². The molecule has 0 aliphatic heterocycles. The molecule has 0 unspecified atom stereocenters. The van der Waals surface area contributed by atoms with Crippen LogP contribution in [-0.2, 0) is 0 Å². The van der Waals surface area contributed by atoms with E-state index in [-0.39, 0.29) is 32.9 Å². The lowest BCUT2D eigenvalue weighted by atomic mass is 10.7. The zero-order valence-electron chi connectivity index (χ0n) is 6.07. The molecule has 9 nitrogen and oxygen atoms in total. The van der Waals surface area contributed by atoms with Crippen LogP contribution < -0.4 is 0 Å². The quantitative estimate of drug-likeness (QED) is 0.390. The summed E-state index contributed by atoms with van der Waals surface area (Å²) in [7, 11) is 0. The van der Waals surface area contributed by atoms with Crippen molar-refractivity contribution in [2.75, 3.05) is 0 Å². The average Bonchev–Trinajstić information content (AvgIpc) is 1.72. The van der Waals surface area contributed by atoms with E-state index in [1.807, 2.05) is 0 Å². The van der Waals surface area contributed by atoms with Gasteiger partial charge in [-0.2, -0.15) is 0 Å². The summed E-state index contributed by atoms with van der Waals surface area (Å²) < 4.78 is 0. The lowest BCUT2D eigenvalue weighted by Crippen LogP contribution is -1.78. The van der Waals surface area contributed by atoms with Crippen molar-refractivity contribution in [1.82, 2.24) is 15.4 Å². The summed E-state index contributed by atoms with van der Waals surface area (Å²) in [6, 6.07) is 1.72. The Labute approximate surface area is 67.9 Å². The Morgan fingerprint density at radius 2 is 0.917 bits per heavy atom. The van der Waals surface area contributed by atoms with Gasteiger partial charge < -0.3 is 32.9 Å². The van der Waals surface area contributed by atoms with Gasteiger partial charge in [-0.3, -0.25) is 0 Å². The second-order valence-electron chi connectivity index (χ2n) is 0.811. The fourth-order valence-electron chi connectivity index (χ4n) is 0.205. The second-order valence-corrected chi connectivity index (χ2v) is 0.811. The molecule has 0 amide bonds. The van der Waals surface area contributed by atoms with Crippen molar-refractivity contribution >= 4 is 0 Å². The summed E-state index contributed by atoms with van der Waals surface area (Å²) in [5, 5.41) is 10.1. The van der Waals surface area contributed by atoms with Crippen LogP contribution in [0, 0.1) is 0 Å². The maximum absolute atomic E-state index is 3.42. The first-order valence-electron chi connectivity index (χ1n) is 1.58. The van der Waals surface area contributed by atoms with E-state index in [1.54, 1.807) is 18.5 Å². The maximum Gasteiger partial charge on any atom is 0.0529 e. The van der Waals surface area contributed by atoms with E-state index in [0.29, 0.717) is 0 Å². The highest BCUT2D eigenvalue weighted by Crippen LogP contribution is 1.61. The molecule has 12 N–H and O–H groups in total. The first-order chi connectivity index (χ1) is 3.00.